The van der Waals surface area contributed by atoms with Crippen molar-refractivity contribution in [1.82, 2.24) is 0 Å². The third kappa shape index (κ3) is 3.76. The van der Waals surface area contributed by atoms with Crippen LogP contribution in [-0.4, -0.2) is 24.1 Å². The second-order valence-electron chi connectivity index (χ2n) is 4.38. The number of Topliss-reactive ketones (excluding diaryl/α,β-unsaturated/α-hetero) is 2. The molecule has 0 spiro atoms. The summed E-state index contributed by atoms with van der Waals surface area (Å²) in [6, 6.07) is 0. The van der Waals surface area contributed by atoms with Gasteiger partial charge in [-0.3, -0.25) is 9.59 Å². The van der Waals surface area contributed by atoms with Gasteiger partial charge in [0, 0.05) is 25.7 Å². The fourth-order valence-electron chi connectivity index (χ4n) is 2.28. The number of ether oxygens (including phenoxy) is 1. The molecule has 0 heterocycles. The van der Waals surface area contributed by atoms with Gasteiger partial charge in [-0.15, -0.1) is 0 Å². The van der Waals surface area contributed by atoms with Gasteiger partial charge < -0.3 is 9.53 Å². The van der Waals surface area contributed by atoms with Crippen molar-refractivity contribution < 1.29 is 19.1 Å². The molecule has 1 fully saturated rings. The average Bonchev–Trinajstić information content (AvgIpc) is 2.45. The Bertz CT molecular complexity index is 295. The van der Waals surface area contributed by atoms with Gasteiger partial charge >= 0.3 is 5.97 Å². The van der Waals surface area contributed by atoms with Crippen LogP contribution in [0.25, 0.3) is 0 Å². The van der Waals surface area contributed by atoms with E-state index in [1.54, 1.807) is 6.92 Å². The van der Waals surface area contributed by atoms with Crippen LogP contribution in [0, 0.1) is 11.8 Å². The largest absolute Gasteiger partial charge is 0.466 e. The van der Waals surface area contributed by atoms with Crippen LogP contribution in [0.15, 0.2) is 0 Å². The summed E-state index contributed by atoms with van der Waals surface area (Å²) < 4.78 is 4.86. The van der Waals surface area contributed by atoms with Crippen molar-refractivity contribution >= 4 is 17.5 Å². The zero-order valence-electron chi connectivity index (χ0n) is 9.82. The fraction of sp³-hybridized carbons (Fsp3) is 0.750. The van der Waals surface area contributed by atoms with Gasteiger partial charge in [-0.05, 0) is 25.7 Å². The monoisotopic (exact) mass is 226 g/mol. The summed E-state index contributed by atoms with van der Waals surface area (Å²) in [6.07, 6.45) is 1.51. The molecule has 1 aliphatic carbocycles. The molecule has 0 aliphatic heterocycles. The van der Waals surface area contributed by atoms with E-state index in [0.29, 0.717) is 25.9 Å². The van der Waals surface area contributed by atoms with Crippen molar-refractivity contribution in [3.8, 4) is 0 Å². The summed E-state index contributed by atoms with van der Waals surface area (Å²) >= 11 is 0. The molecule has 0 aromatic rings. The van der Waals surface area contributed by atoms with Crippen molar-refractivity contribution in [2.24, 2.45) is 11.8 Å². The molecule has 0 radical (unpaired) electrons. The number of carbonyl (C=O) groups is 3. The first kappa shape index (κ1) is 12.9. The highest BCUT2D eigenvalue weighted by atomic mass is 16.5. The first-order valence-electron chi connectivity index (χ1n) is 5.69. The van der Waals surface area contributed by atoms with E-state index in [4.69, 9.17) is 4.74 Å². The molecule has 1 rings (SSSR count). The first-order chi connectivity index (χ1) is 7.52. The summed E-state index contributed by atoms with van der Waals surface area (Å²) in [5.74, 6) is -0.00489. The topological polar surface area (TPSA) is 60.4 Å². The average molecular weight is 226 g/mol. The lowest BCUT2D eigenvalue weighted by Crippen LogP contribution is -2.17. The highest BCUT2D eigenvalue weighted by Gasteiger charge is 2.35. The summed E-state index contributed by atoms with van der Waals surface area (Å²) in [5.41, 5.74) is 0. The van der Waals surface area contributed by atoms with Crippen LogP contribution in [-0.2, 0) is 19.1 Å². The molecule has 0 aromatic carbocycles. The molecule has 0 saturated heterocycles. The Kier molecular flexibility index (Phi) is 4.65. The summed E-state index contributed by atoms with van der Waals surface area (Å²) in [6.45, 7) is 3.63. The normalized spacial score (nSPS) is 24.5. The zero-order valence-corrected chi connectivity index (χ0v) is 9.82. The van der Waals surface area contributed by atoms with Crippen molar-refractivity contribution in [3.05, 3.63) is 0 Å². The van der Waals surface area contributed by atoms with E-state index >= 15 is 0 Å². The van der Waals surface area contributed by atoms with Gasteiger partial charge in [0.2, 0.25) is 0 Å². The molecule has 2 atom stereocenters. The predicted molar refractivity (Wildman–Crippen MR) is 57.8 cm³/mol. The van der Waals surface area contributed by atoms with E-state index in [9.17, 15) is 14.4 Å². The van der Waals surface area contributed by atoms with E-state index in [-0.39, 0.29) is 35.8 Å². The third-order valence-corrected chi connectivity index (χ3v) is 2.93. The number of hydrogen-bond acceptors (Lipinski definition) is 4. The maximum absolute atomic E-state index is 11.3. The Balaban J connectivity index is 2.52. The Morgan fingerprint density at radius 1 is 1.25 bits per heavy atom. The number of hydrogen-bond donors (Lipinski definition) is 0. The van der Waals surface area contributed by atoms with Crippen LogP contribution in [0.4, 0.5) is 0 Å². The van der Waals surface area contributed by atoms with Gasteiger partial charge in [0.25, 0.3) is 0 Å². The molecular weight excluding hydrogens is 208 g/mol. The lowest BCUT2D eigenvalue weighted by Gasteiger charge is -2.16. The van der Waals surface area contributed by atoms with Crippen molar-refractivity contribution in [3.63, 3.8) is 0 Å². The van der Waals surface area contributed by atoms with Crippen molar-refractivity contribution in [2.75, 3.05) is 6.61 Å². The lowest BCUT2D eigenvalue weighted by molar-refractivity contribution is -0.144. The minimum absolute atomic E-state index is 0.00421. The molecule has 0 N–H and O–H groups in total. The van der Waals surface area contributed by atoms with Gasteiger partial charge in [-0.2, -0.15) is 0 Å². The minimum atomic E-state index is -0.268. The maximum Gasteiger partial charge on any atom is 0.306 e. The van der Waals surface area contributed by atoms with Gasteiger partial charge in [0.15, 0.2) is 0 Å². The Labute approximate surface area is 95.3 Å². The Morgan fingerprint density at radius 2 is 1.81 bits per heavy atom. The van der Waals surface area contributed by atoms with E-state index in [2.05, 4.69) is 0 Å². The van der Waals surface area contributed by atoms with Gasteiger partial charge in [0.05, 0.1) is 6.61 Å². The molecule has 0 aromatic heterocycles. The standard InChI is InChI=1S/C12H18O4/c1-3-16-12(15)7-10-6-11(14)5-9(10)4-8(2)13/h9-10H,3-7H2,1-2H3/t9-,10+/m1/s1. The molecule has 1 saturated carbocycles. The van der Waals surface area contributed by atoms with Gasteiger partial charge in [0.1, 0.15) is 11.6 Å². The van der Waals surface area contributed by atoms with Gasteiger partial charge in [-0.1, -0.05) is 0 Å². The molecule has 90 valence electrons. The summed E-state index contributed by atoms with van der Waals surface area (Å²) in [7, 11) is 0. The molecule has 0 amide bonds. The molecule has 0 bridgehead atoms. The van der Waals surface area contributed by atoms with Crippen LogP contribution in [0.3, 0.4) is 0 Å². The molecular formula is C12H18O4. The van der Waals surface area contributed by atoms with Crippen LogP contribution in [0.5, 0.6) is 0 Å². The lowest BCUT2D eigenvalue weighted by atomic mass is 9.89. The van der Waals surface area contributed by atoms with Crippen LogP contribution < -0.4 is 0 Å². The highest BCUT2D eigenvalue weighted by molar-refractivity contribution is 5.84. The third-order valence-electron chi connectivity index (χ3n) is 2.93. The zero-order chi connectivity index (χ0) is 12.1. The maximum atomic E-state index is 11.3. The fourth-order valence-corrected chi connectivity index (χ4v) is 2.28. The second-order valence-corrected chi connectivity index (χ2v) is 4.38. The minimum Gasteiger partial charge on any atom is -0.466 e. The molecule has 4 heteroatoms. The van der Waals surface area contributed by atoms with Crippen molar-refractivity contribution in [1.29, 1.82) is 0 Å². The van der Waals surface area contributed by atoms with E-state index in [0.717, 1.165) is 0 Å². The Hall–Kier alpha value is -1.19. The quantitative estimate of drug-likeness (QED) is 0.667. The smallest absolute Gasteiger partial charge is 0.306 e. The van der Waals surface area contributed by atoms with E-state index < -0.39 is 0 Å². The SMILES string of the molecule is CCOC(=O)C[C@@H]1CC(=O)C[C@H]1CC(C)=O. The van der Waals surface area contributed by atoms with Gasteiger partial charge in [-0.25, -0.2) is 0 Å². The number of carbonyl (C=O) groups excluding carboxylic acids is 3. The Morgan fingerprint density at radius 3 is 2.31 bits per heavy atom. The molecule has 4 nitrogen and oxygen atoms in total. The van der Waals surface area contributed by atoms with Crippen LogP contribution >= 0.6 is 0 Å². The van der Waals surface area contributed by atoms with E-state index in [1.165, 1.54) is 6.92 Å². The number of esters is 1. The van der Waals surface area contributed by atoms with E-state index in [1.807, 2.05) is 0 Å². The molecule has 16 heavy (non-hydrogen) atoms. The van der Waals surface area contributed by atoms with Crippen LogP contribution in [0.1, 0.15) is 39.5 Å². The predicted octanol–water partition coefficient (Wildman–Crippen LogP) is 1.51. The van der Waals surface area contributed by atoms with Crippen LogP contribution in [0.2, 0.25) is 0 Å². The molecule has 0 unspecified atom stereocenters. The summed E-state index contributed by atoms with van der Waals surface area (Å²) in [5, 5.41) is 0. The molecule has 1 aliphatic rings. The van der Waals surface area contributed by atoms with Crippen molar-refractivity contribution in [2.45, 2.75) is 39.5 Å². The second kappa shape index (κ2) is 5.77. The summed E-state index contributed by atoms with van der Waals surface area (Å²) in [4.78, 5) is 33.7. The first-order valence-corrected chi connectivity index (χ1v) is 5.69. The number of ketones is 2. The highest BCUT2D eigenvalue weighted by Crippen LogP contribution is 2.34. The number of rotatable bonds is 5.